The standard InChI is InChI=1S/C43H81O10P/c1-3-5-7-9-11-13-15-17-19-20-21-23-25-27-29-31-33-35-43(47)53-41(39-52-54(48,49)51-37-40(45)36-44)38-50-42(46)34-32-30-28-26-24-22-18-16-14-12-10-8-6-4-2/h13,15-16,18,40-41,44-45H,3-12,14,17,19-39H2,1-2H3,(H,48,49)/b15-13+,18-16+/t40-,41+/m0/s1. The molecular formula is C43H81O10P. The summed E-state index contributed by atoms with van der Waals surface area (Å²) in [7, 11) is -4.62. The average Bonchev–Trinajstić information content (AvgIpc) is 3.16. The summed E-state index contributed by atoms with van der Waals surface area (Å²) in [5.41, 5.74) is 0. The third-order valence-corrected chi connectivity index (χ3v) is 10.3. The second-order valence-corrected chi connectivity index (χ2v) is 16.2. The molecule has 1 unspecified atom stereocenters. The number of carbonyl (C=O) groups is 2. The molecule has 0 radical (unpaired) electrons. The lowest BCUT2D eigenvalue weighted by Crippen LogP contribution is -2.29. The Bertz CT molecular complexity index is 957. The minimum absolute atomic E-state index is 0.182. The molecule has 0 aliphatic rings. The number of allylic oxidation sites excluding steroid dienone is 4. The van der Waals surface area contributed by atoms with Crippen LogP contribution in [0, 0.1) is 0 Å². The maximum Gasteiger partial charge on any atom is 0.472 e. The van der Waals surface area contributed by atoms with Gasteiger partial charge in [-0.25, -0.2) is 4.57 Å². The van der Waals surface area contributed by atoms with E-state index in [-0.39, 0.29) is 19.4 Å². The van der Waals surface area contributed by atoms with E-state index in [2.05, 4.69) is 42.7 Å². The van der Waals surface area contributed by atoms with E-state index in [1.807, 2.05) is 0 Å². The molecule has 0 aliphatic heterocycles. The first-order chi connectivity index (χ1) is 26.2. The quantitative estimate of drug-likeness (QED) is 0.0236. The van der Waals surface area contributed by atoms with Crippen LogP contribution in [-0.4, -0.2) is 65.7 Å². The van der Waals surface area contributed by atoms with Gasteiger partial charge >= 0.3 is 19.8 Å². The molecule has 54 heavy (non-hydrogen) atoms. The number of unbranched alkanes of at least 4 members (excludes halogenated alkanes) is 23. The second kappa shape index (κ2) is 39.7. The first-order valence-electron chi connectivity index (χ1n) is 21.8. The van der Waals surface area contributed by atoms with E-state index in [1.165, 1.54) is 103 Å². The minimum Gasteiger partial charge on any atom is -0.462 e. The van der Waals surface area contributed by atoms with Gasteiger partial charge in [-0.3, -0.25) is 18.6 Å². The van der Waals surface area contributed by atoms with Gasteiger partial charge in [-0.05, 0) is 64.2 Å². The van der Waals surface area contributed by atoms with Crippen molar-refractivity contribution < 1.29 is 47.8 Å². The van der Waals surface area contributed by atoms with Crippen molar-refractivity contribution in [3.8, 4) is 0 Å². The largest absolute Gasteiger partial charge is 0.472 e. The Morgan fingerprint density at radius 3 is 1.35 bits per heavy atom. The monoisotopic (exact) mass is 789 g/mol. The topological polar surface area (TPSA) is 149 Å². The predicted octanol–water partition coefficient (Wildman–Crippen LogP) is 11.4. The first-order valence-corrected chi connectivity index (χ1v) is 23.3. The molecule has 0 saturated heterocycles. The summed E-state index contributed by atoms with van der Waals surface area (Å²) >= 11 is 0. The zero-order chi connectivity index (χ0) is 39.8. The first kappa shape index (κ1) is 52.5. The van der Waals surface area contributed by atoms with E-state index < -0.39 is 51.8 Å². The summed E-state index contributed by atoms with van der Waals surface area (Å²) in [4.78, 5) is 35.0. The maximum absolute atomic E-state index is 12.6. The van der Waals surface area contributed by atoms with Gasteiger partial charge in [0.1, 0.15) is 12.7 Å². The van der Waals surface area contributed by atoms with Crippen LogP contribution in [0.3, 0.4) is 0 Å². The number of carbonyl (C=O) groups excluding carboxylic acids is 2. The Hall–Kier alpha value is -1.55. The molecule has 0 bridgehead atoms. The van der Waals surface area contributed by atoms with Gasteiger partial charge in [0.15, 0.2) is 6.10 Å². The fourth-order valence-corrected chi connectivity index (χ4v) is 6.71. The summed E-state index contributed by atoms with van der Waals surface area (Å²) in [6.07, 6.45) is 38.5. The number of aliphatic hydroxyl groups excluding tert-OH is 2. The molecule has 3 atom stereocenters. The molecule has 0 aromatic heterocycles. The number of esters is 2. The van der Waals surface area contributed by atoms with Crippen molar-refractivity contribution in [2.24, 2.45) is 0 Å². The lowest BCUT2D eigenvalue weighted by molar-refractivity contribution is -0.161. The Kier molecular flexibility index (Phi) is 38.5. The van der Waals surface area contributed by atoms with Crippen molar-refractivity contribution >= 4 is 19.8 Å². The van der Waals surface area contributed by atoms with Crippen LogP contribution in [0.1, 0.15) is 200 Å². The number of hydrogen-bond donors (Lipinski definition) is 3. The summed E-state index contributed by atoms with van der Waals surface area (Å²) < 4.78 is 32.7. The third-order valence-electron chi connectivity index (χ3n) is 9.33. The van der Waals surface area contributed by atoms with Crippen LogP contribution in [0.25, 0.3) is 0 Å². The molecule has 10 nitrogen and oxygen atoms in total. The van der Waals surface area contributed by atoms with Crippen molar-refractivity contribution in [2.45, 2.75) is 212 Å². The highest BCUT2D eigenvalue weighted by Gasteiger charge is 2.27. The zero-order valence-corrected chi connectivity index (χ0v) is 35.3. The summed E-state index contributed by atoms with van der Waals surface area (Å²) in [5, 5.41) is 18.3. The van der Waals surface area contributed by atoms with Gasteiger partial charge in [-0.1, -0.05) is 147 Å². The number of phosphoric ester groups is 1. The minimum atomic E-state index is -4.62. The molecule has 0 saturated carbocycles. The summed E-state index contributed by atoms with van der Waals surface area (Å²) in [6.45, 7) is 2.36. The zero-order valence-electron chi connectivity index (χ0n) is 34.4. The summed E-state index contributed by atoms with van der Waals surface area (Å²) in [5.74, 6) is -0.932. The molecule has 0 spiro atoms. The van der Waals surface area contributed by atoms with Crippen LogP contribution in [0.5, 0.6) is 0 Å². The van der Waals surface area contributed by atoms with Gasteiger partial charge in [0.05, 0.1) is 19.8 Å². The van der Waals surface area contributed by atoms with Crippen LogP contribution >= 0.6 is 7.82 Å². The highest BCUT2D eigenvalue weighted by atomic mass is 31.2. The average molecular weight is 789 g/mol. The molecule has 0 aromatic rings. The predicted molar refractivity (Wildman–Crippen MR) is 219 cm³/mol. The molecule has 0 fully saturated rings. The highest BCUT2D eigenvalue weighted by molar-refractivity contribution is 7.47. The maximum atomic E-state index is 12.6. The van der Waals surface area contributed by atoms with Crippen molar-refractivity contribution in [3.63, 3.8) is 0 Å². The molecule has 0 rings (SSSR count). The third kappa shape index (κ3) is 38.7. The highest BCUT2D eigenvalue weighted by Crippen LogP contribution is 2.43. The second-order valence-electron chi connectivity index (χ2n) is 14.7. The SMILES string of the molecule is CCCCCC/C=C/CCCCCCCCCCCC(=O)O[C@H](COC(=O)CCCCCCC/C=C/CCCCCCC)COP(=O)(O)OC[C@@H](O)CO. The smallest absolute Gasteiger partial charge is 0.462 e. The van der Waals surface area contributed by atoms with Crippen LogP contribution in [0.2, 0.25) is 0 Å². The molecule has 0 heterocycles. The molecule has 318 valence electrons. The molecular weight excluding hydrogens is 707 g/mol. The van der Waals surface area contributed by atoms with Gasteiger partial charge in [0, 0.05) is 12.8 Å². The van der Waals surface area contributed by atoms with Crippen LogP contribution < -0.4 is 0 Å². The van der Waals surface area contributed by atoms with Gasteiger partial charge in [0.2, 0.25) is 0 Å². The van der Waals surface area contributed by atoms with Crippen molar-refractivity contribution in [1.82, 2.24) is 0 Å². The van der Waals surface area contributed by atoms with E-state index in [9.17, 15) is 24.2 Å². The summed E-state index contributed by atoms with van der Waals surface area (Å²) in [6, 6.07) is 0. The lowest BCUT2D eigenvalue weighted by atomic mass is 10.1. The molecule has 0 amide bonds. The van der Waals surface area contributed by atoms with Gasteiger partial charge in [-0.15, -0.1) is 0 Å². The molecule has 3 N–H and O–H groups in total. The molecule has 0 aliphatic carbocycles. The van der Waals surface area contributed by atoms with Crippen molar-refractivity contribution in [2.75, 3.05) is 26.4 Å². The number of hydrogen-bond acceptors (Lipinski definition) is 9. The van der Waals surface area contributed by atoms with Gasteiger partial charge in [0.25, 0.3) is 0 Å². The van der Waals surface area contributed by atoms with Crippen LogP contribution in [-0.2, 0) is 32.7 Å². The van der Waals surface area contributed by atoms with E-state index in [4.69, 9.17) is 19.1 Å². The Morgan fingerprint density at radius 1 is 0.537 bits per heavy atom. The lowest BCUT2D eigenvalue weighted by Gasteiger charge is -2.20. The number of rotatable bonds is 41. The van der Waals surface area contributed by atoms with Crippen molar-refractivity contribution in [3.05, 3.63) is 24.3 Å². The fourth-order valence-electron chi connectivity index (χ4n) is 5.92. The van der Waals surface area contributed by atoms with Crippen LogP contribution in [0.4, 0.5) is 0 Å². The van der Waals surface area contributed by atoms with Crippen molar-refractivity contribution in [1.29, 1.82) is 0 Å². The Morgan fingerprint density at radius 2 is 0.907 bits per heavy atom. The van der Waals surface area contributed by atoms with E-state index in [0.717, 1.165) is 57.8 Å². The van der Waals surface area contributed by atoms with E-state index >= 15 is 0 Å². The Labute approximate surface area is 329 Å². The number of aliphatic hydroxyl groups is 2. The Balaban J connectivity index is 4.29. The van der Waals surface area contributed by atoms with E-state index in [1.54, 1.807) is 0 Å². The molecule has 11 heteroatoms. The number of phosphoric acid groups is 1. The van der Waals surface area contributed by atoms with Gasteiger partial charge in [-0.2, -0.15) is 0 Å². The van der Waals surface area contributed by atoms with Gasteiger partial charge < -0.3 is 24.6 Å². The fraction of sp³-hybridized carbons (Fsp3) is 0.860. The normalized spacial score (nSPS) is 14.1. The number of ether oxygens (including phenoxy) is 2. The van der Waals surface area contributed by atoms with Crippen LogP contribution in [0.15, 0.2) is 24.3 Å². The molecule has 0 aromatic carbocycles. The van der Waals surface area contributed by atoms with E-state index in [0.29, 0.717) is 12.8 Å².